The summed E-state index contributed by atoms with van der Waals surface area (Å²) >= 11 is 7.14. The van der Waals surface area contributed by atoms with Crippen molar-refractivity contribution in [2.45, 2.75) is 38.4 Å². The highest BCUT2D eigenvalue weighted by Crippen LogP contribution is 2.32. The molecule has 2 aromatic rings. The van der Waals surface area contributed by atoms with E-state index < -0.39 is 0 Å². The number of likely N-dealkylation sites (N-methyl/N-ethyl adjacent to an activating group) is 1. The molecule has 2 aromatic heterocycles. The molecule has 5 heteroatoms. The van der Waals surface area contributed by atoms with Crippen molar-refractivity contribution >= 4 is 38.6 Å². The molecule has 0 fully saturated rings. The van der Waals surface area contributed by atoms with Gasteiger partial charge < -0.3 is 5.73 Å². The molecule has 0 saturated carbocycles. The fraction of sp³-hybridized carbons (Fsp3) is 0.467. The zero-order valence-corrected chi connectivity index (χ0v) is 15.3. The summed E-state index contributed by atoms with van der Waals surface area (Å²) in [5.41, 5.74) is 6.24. The Bertz CT molecular complexity index is 522. The predicted octanol–water partition coefficient (Wildman–Crippen LogP) is 4.52. The lowest BCUT2D eigenvalue weighted by Crippen LogP contribution is -2.42. The summed E-state index contributed by atoms with van der Waals surface area (Å²) in [6.45, 7) is 4.37. The Balaban J connectivity index is 2.12. The van der Waals surface area contributed by atoms with E-state index in [9.17, 15) is 0 Å². The average molecular weight is 373 g/mol. The molecule has 2 rings (SSSR count). The first-order valence-corrected chi connectivity index (χ1v) is 9.28. The molecule has 2 N–H and O–H groups in total. The molecular formula is C15H21BrN2S2. The molecule has 0 aliphatic carbocycles. The Morgan fingerprint density at radius 2 is 2.10 bits per heavy atom. The lowest BCUT2D eigenvalue weighted by molar-refractivity contribution is 0.167. The van der Waals surface area contributed by atoms with Crippen LogP contribution >= 0.6 is 38.6 Å². The van der Waals surface area contributed by atoms with E-state index >= 15 is 0 Å². The summed E-state index contributed by atoms with van der Waals surface area (Å²) in [7, 11) is 2.18. The summed E-state index contributed by atoms with van der Waals surface area (Å²) in [4.78, 5) is 5.16. The highest BCUT2D eigenvalue weighted by atomic mass is 79.9. The fourth-order valence-corrected chi connectivity index (χ4v) is 4.99. The van der Waals surface area contributed by atoms with Crippen LogP contribution in [0.3, 0.4) is 0 Å². The van der Waals surface area contributed by atoms with Crippen molar-refractivity contribution in [1.82, 2.24) is 4.90 Å². The quantitative estimate of drug-likeness (QED) is 0.807. The normalized spacial score (nSPS) is 16.3. The van der Waals surface area contributed by atoms with Crippen LogP contribution in [-0.2, 0) is 6.42 Å². The Hall–Kier alpha value is -0.200. The van der Waals surface area contributed by atoms with E-state index in [-0.39, 0.29) is 12.1 Å². The van der Waals surface area contributed by atoms with Gasteiger partial charge in [-0.05, 0) is 60.8 Å². The second-order valence-corrected chi connectivity index (χ2v) is 8.16. The van der Waals surface area contributed by atoms with Crippen LogP contribution in [0.15, 0.2) is 33.4 Å². The van der Waals surface area contributed by atoms with Gasteiger partial charge in [0.05, 0.1) is 6.04 Å². The molecule has 20 heavy (non-hydrogen) atoms. The third-order valence-electron chi connectivity index (χ3n) is 3.59. The van der Waals surface area contributed by atoms with Crippen LogP contribution in [0.1, 0.15) is 29.6 Å². The van der Waals surface area contributed by atoms with Crippen molar-refractivity contribution in [3.05, 3.63) is 43.2 Å². The van der Waals surface area contributed by atoms with E-state index in [0.717, 1.165) is 10.9 Å². The van der Waals surface area contributed by atoms with E-state index in [2.05, 4.69) is 70.7 Å². The zero-order valence-electron chi connectivity index (χ0n) is 12.0. The monoisotopic (exact) mass is 372 g/mol. The second kappa shape index (κ2) is 7.18. The third kappa shape index (κ3) is 3.92. The molecule has 0 aliphatic rings. The van der Waals surface area contributed by atoms with Crippen molar-refractivity contribution in [2.75, 3.05) is 7.05 Å². The van der Waals surface area contributed by atoms with Crippen molar-refractivity contribution in [3.63, 3.8) is 0 Å². The maximum Gasteiger partial charge on any atom is 0.0591 e. The van der Waals surface area contributed by atoms with Crippen LogP contribution in [0.25, 0.3) is 0 Å². The lowest BCUT2D eigenvalue weighted by atomic mass is 10.0. The van der Waals surface area contributed by atoms with Crippen LogP contribution in [-0.4, -0.2) is 24.0 Å². The van der Waals surface area contributed by atoms with Crippen LogP contribution in [0.4, 0.5) is 0 Å². The SMILES string of the molecule is CC(N)C(c1cc(Br)cs1)N(C)C(C)Cc1cccs1. The summed E-state index contributed by atoms with van der Waals surface area (Å²) in [6.07, 6.45) is 1.07. The molecule has 3 atom stereocenters. The van der Waals surface area contributed by atoms with Gasteiger partial charge in [0.2, 0.25) is 0 Å². The highest BCUT2D eigenvalue weighted by molar-refractivity contribution is 9.10. The molecule has 0 radical (unpaired) electrons. The Morgan fingerprint density at radius 3 is 2.60 bits per heavy atom. The first-order chi connectivity index (χ1) is 9.49. The van der Waals surface area contributed by atoms with E-state index in [0.29, 0.717) is 6.04 Å². The van der Waals surface area contributed by atoms with Gasteiger partial charge in [0.1, 0.15) is 0 Å². The van der Waals surface area contributed by atoms with Gasteiger partial charge in [-0.2, -0.15) is 0 Å². The minimum atomic E-state index is 0.108. The second-order valence-electron chi connectivity index (χ2n) is 5.27. The molecule has 0 saturated heterocycles. The van der Waals surface area contributed by atoms with Crippen molar-refractivity contribution < 1.29 is 0 Å². The van der Waals surface area contributed by atoms with Gasteiger partial charge in [-0.1, -0.05) is 6.07 Å². The van der Waals surface area contributed by atoms with Gasteiger partial charge in [-0.25, -0.2) is 0 Å². The predicted molar refractivity (Wildman–Crippen MR) is 93.7 cm³/mol. The van der Waals surface area contributed by atoms with E-state index in [1.807, 2.05) is 11.3 Å². The number of thiophene rings is 2. The van der Waals surface area contributed by atoms with Crippen LogP contribution in [0, 0.1) is 0 Å². The molecule has 0 bridgehead atoms. The standard InChI is InChI=1S/C15H21BrN2S2/c1-10(7-13-5-4-6-19-13)18(3)15(11(2)17)14-8-12(16)9-20-14/h4-6,8-11,15H,7,17H2,1-3H3. The van der Waals surface area contributed by atoms with Crippen LogP contribution in [0.5, 0.6) is 0 Å². The summed E-state index contributed by atoms with van der Waals surface area (Å²) in [5, 5.41) is 4.27. The molecule has 2 heterocycles. The molecule has 3 unspecified atom stereocenters. The molecular weight excluding hydrogens is 352 g/mol. The molecule has 2 nitrogen and oxygen atoms in total. The first-order valence-electron chi connectivity index (χ1n) is 6.73. The number of hydrogen-bond donors (Lipinski definition) is 1. The number of halogens is 1. The van der Waals surface area contributed by atoms with E-state index in [1.165, 1.54) is 9.75 Å². The van der Waals surface area contributed by atoms with Gasteiger partial charge in [-0.15, -0.1) is 22.7 Å². The minimum absolute atomic E-state index is 0.108. The van der Waals surface area contributed by atoms with Crippen molar-refractivity contribution in [1.29, 1.82) is 0 Å². The zero-order chi connectivity index (χ0) is 14.7. The molecule has 0 spiro atoms. The Labute approximate surface area is 137 Å². The molecule has 0 aromatic carbocycles. The highest BCUT2D eigenvalue weighted by Gasteiger charge is 2.26. The van der Waals surface area contributed by atoms with Gasteiger partial charge in [0, 0.05) is 31.7 Å². The van der Waals surface area contributed by atoms with Gasteiger partial charge in [0.15, 0.2) is 0 Å². The molecule has 0 amide bonds. The van der Waals surface area contributed by atoms with Crippen molar-refractivity contribution in [3.8, 4) is 0 Å². The van der Waals surface area contributed by atoms with Crippen molar-refractivity contribution in [2.24, 2.45) is 5.73 Å². The summed E-state index contributed by atoms with van der Waals surface area (Å²) in [6, 6.07) is 7.35. The Morgan fingerprint density at radius 1 is 1.35 bits per heavy atom. The number of rotatable bonds is 6. The van der Waals surface area contributed by atoms with Gasteiger partial charge in [-0.3, -0.25) is 4.90 Å². The summed E-state index contributed by atoms with van der Waals surface area (Å²) < 4.78 is 1.14. The van der Waals surface area contributed by atoms with E-state index in [1.54, 1.807) is 11.3 Å². The Kier molecular flexibility index (Phi) is 5.81. The molecule has 0 aliphatic heterocycles. The third-order valence-corrected chi connectivity index (χ3v) is 6.25. The number of nitrogens with two attached hydrogens (primary N) is 1. The maximum atomic E-state index is 6.24. The topological polar surface area (TPSA) is 29.3 Å². The average Bonchev–Trinajstić information content (AvgIpc) is 3.01. The van der Waals surface area contributed by atoms with E-state index in [4.69, 9.17) is 5.73 Å². The largest absolute Gasteiger partial charge is 0.326 e. The minimum Gasteiger partial charge on any atom is -0.326 e. The van der Waals surface area contributed by atoms with Crippen LogP contribution in [0.2, 0.25) is 0 Å². The molecule has 110 valence electrons. The maximum absolute atomic E-state index is 6.24. The lowest BCUT2D eigenvalue weighted by Gasteiger charge is -2.35. The smallest absolute Gasteiger partial charge is 0.0591 e. The fourth-order valence-electron chi connectivity index (χ4n) is 2.45. The van der Waals surface area contributed by atoms with Gasteiger partial charge in [0.25, 0.3) is 0 Å². The van der Waals surface area contributed by atoms with Crippen LogP contribution < -0.4 is 5.73 Å². The first kappa shape index (κ1) is 16.2. The number of hydrogen-bond acceptors (Lipinski definition) is 4. The summed E-state index contributed by atoms with van der Waals surface area (Å²) in [5.74, 6) is 0. The number of nitrogens with zero attached hydrogens (tertiary/aromatic N) is 1. The van der Waals surface area contributed by atoms with Gasteiger partial charge >= 0.3 is 0 Å².